The first-order chi connectivity index (χ1) is 10.5. The molecule has 0 saturated carbocycles. The highest BCUT2D eigenvalue weighted by Crippen LogP contribution is 2.33. The molecule has 0 bridgehead atoms. The van der Waals surface area contributed by atoms with Gasteiger partial charge in [-0.3, -0.25) is 4.79 Å². The molecule has 3 nitrogen and oxygen atoms in total. The summed E-state index contributed by atoms with van der Waals surface area (Å²) in [6.07, 6.45) is 1.97. The molecular weight excluding hydrogens is 365 g/mol. The van der Waals surface area contributed by atoms with E-state index < -0.39 is 0 Å². The standard InChI is InChI=1S/C15H12Cl3NO2S/c1-22-10-4-2-3-9(5-10)19-15(20)8-21-14-7-12(17)11(16)6-13(14)18/h2-7H,8H2,1H3,(H,19,20). The normalized spacial score (nSPS) is 10.4. The number of benzene rings is 2. The van der Waals surface area contributed by atoms with E-state index in [1.54, 1.807) is 11.8 Å². The monoisotopic (exact) mass is 375 g/mol. The number of ether oxygens (including phenoxy) is 1. The van der Waals surface area contributed by atoms with Crippen LogP contribution in [-0.2, 0) is 4.79 Å². The van der Waals surface area contributed by atoms with Crippen molar-refractivity contribution < 1.29 is 9.53 Å². The second-order valence-corrected chi connectivity index (χ2v) is 6.37. The van der Waals surface area contributed by atoms with Crippen LogP contribution in [0.4, 0.5) is 5.69 Å². The van der Waals surface area contributed by atoms with Crippen LogP contribution in [-0.4, -0.2) is 18.8 Å². The maximum atomic E-state index is 11.9. The maximum Gasteiger partial charge on any atom is 0.262 e. The number of hydrogen-bond donors (Lipinski definition) is 1. The van der Waals surface area contributed by atoms with Gasteiger partial charge in [0.2, 0.25) is 0 Å². The van der Waals surface area contributed by atoms with Crippen molar-refractivity contribution >= 4 is 58.2 Å². The van der Waals surface area contributed by atoms with Crippen molar-refractivity contribution in [3.8, 4) is 5.75 Å². The fraction of sp³-hybridized carbons (Fsp3) is 0.133. The van der Waals surface area contributed by atoms with Crippen molar-refractivity contribution in [3.05, 3.63) is 51.5 Å². The number of nitrogens with one attached hydrogen (secondary N) is 1. The summed E-state index contributed by atoms with van der Waals surface area (Å²) in [5.74, 6) is 0.0180. The van der Waals surface area contributed by atoms with Crippen LogP contribution in [0.3, 0.4) is 0 Å². The molecule has 0 aliphatic heterocycles. The fourth-order valence-electron chi connectivity index (χ4n) is 1.66. The van der Waals surface area contributed by atoms with Gasteiger partial charge in [0.1, 0.15) is 5.75 Å². The van der Waals surface area contributed by atoms with Gasteiger partial charge in [0.25, 0.3) is 5.91 Å². The zero-order chi connectivity index (χ0) is 16.1. The first kappa shape index (κ1) is 17.3. The summed E-state index contributed by atoms with van der Waals surface area (Å²) >= 11 is 19.3. The molecule has 0 fully saturated rings. The van der Waals surface area contributed by atoms with Crippen LogP contribution in [0.25, 0.3) is 0 Å². The highest BCUT2D eigenvalue weighted by molar-refractivity contribution is 7.98. The van der Waals surface area contributed by atoms with E-state index in [0.29, 0.717) is 26.5 Å². The summed E-state index contributed by atoms with van der Waals surface area (Å²) < 4.78 is 5.37. The average molecular weight is 377 g/mol. The van der Waals surface area contributed by atoms with Gasteiger partial charge in [-0.25, -0.2) is 0 Å². The van der Waals surface area contributed by atoms with Crippen LogP contribution in [0.15, 0.2) is 41.3 Å². The number of carbonyl (C=O) groups is 1. The zero-order valence-corrected chi connectivity index (χ0v) is 14.6. The van der Waals surface area contributed by atoms with Gasteiger partial charge in [-0.2, -0.15) is 0 Å². The first-order valence-electron chi connectivity index (χ1n) is 6.21. The Bertz CT molecular complexity index is 694. The highest BCUT2D eigenvalue weighted by atomic mass is 35.5. The van der Waals surface area contributed by atoms with Gasteiger partial charge in [0, 0.05) is 16.6 Å². The molecule has 0 radical (unpaired) electrons. The van der Waals surface area contributed by atoms with E-state index in [2.05, 4.69) is 5.32 Å². The number of amides is 1. The molecule has 2 aromatic carbocycles. The third-order valence-corrected chi connectivity index (χ3v) is 4.43. The van der Waals surface area contributed by atoms with E-state index in [-0.39, 0.29) is 12.5 Å². The lowest BCUT2D eigenvalue weighted by molar-refractivity contribution is -0.118. The van der Waals surface area contributed by atoms with E-state index >= 15 is 0 Å². The molecule has 1 N–H and O–H groups in total. The van der Waals surface area contributed by atoms with E-state index in [1.165, 1.54) is 12.1 Å². The highest BCUT2D eigenvalue weighted by Gasteiger charge is 2.10. The van der Waals surface area contributed by atoms with Crippen LogP contribution in [0, 0.1) is 0 Å². The third-order valence-electron chi connectivity index (χ3n) is 2.69. The predicted molar refractivity (Wildman–Crippen MR) is 93.8 cm³/mol. The number of thioether (sulfide) groups is 1. The van der Waals surface area contributed by atoms with Crippen molar-refractivity contribution in [1.29, 1.82) is 0 Å². The van der Waals surface area contributed by atoms with Gasteiger partial charge < -0.3 is 10.1 Å². The first-order valence-corrected chi connectivity index (χ1v) is 8.56. The van der Waals surface area contributed by atoms with Crippen molar-refractivity contribution in [1.82, 2.24) is 0 Å². The lowest BCUT2D eigenvalue weighted by Crippen LogP contribution is -2.20. The van der Waals surface area contributed by atoms with Gasteiger partial charge in [-0.15, -0.1) is 11.8 Å². The summed E-state index contributed by atoms with van der Waals surface area (Å²) in [6, 6.07) is 10.5. The summed E-state index contributed by atoms with van der Waals surface area (Å²) in [5, 5.41) is 3.70. The number of rotatable bonds is 5. The topological polar surface area (TPSA) is 38.3 Å². The minimum Gasteiger partial charge on any atom is -0.482 e. The molecule has 0 heterocycles. The van der Waals surface area contributed by atoms with Crippen molar-refractivity contribution in [2.45, 2.75) is 4.90 Å². The molecule has 2 aromatic rings. The smallest absolute Gasteiger partial charge is 0.262 e. The van der Waals surface area contributed by atoms with Crippen LogP contribution >= 0.6 is 46.6 Å². The minimum atomic E-state index is -0.291. The molecule has 0 aromatic heterocycles. The summed E-state index contributed by atoms with van der Waals surface area (Å²) in [6.45, 7) is -0.179. The Morgan fingerprint density at radius 2 is 1.86 bits per heavy atom. The second-order valence-electron chi connectivity index (χ2n) is 4.27. The van der Waals surface area contributed by atoms with Gasteiger partial charge in [-0.05, 0) is 30.5 Å². The molecule has 0 saturated heterocycles. The Morgan fingerprint density at radius 1 is 1.14 bits per heavy atom. The van der Waals surface area contributed by atoms with Crippen molar-refractivity contribution in [2.75, 3.05) is 18.2 Å². The SMILES string of the molecule is CSc1cccc(NC(=O)COc2cc(Cl)c(Cl)cc2Cl)c1. The van der Waals surface area contributed by atoms with Gasteiger partial charge in [0.15, 0.2) is 6.61 Å². The quantitative estimate of drug-likeness (QED) is 0.562. The number of hydrogen-bond acceptors (Lipinski definition) is 3. The third kappa shape index (κ3) is 4.71. The summed E-state index contributed by atoms with van der Waals surface area (Å²) in [7, 11) is 0. The number of halogens is 3. The van der Waals surface area contributed by atoms with Crippen molar-refractivity contribution in [3.63, 3.8) is 0 Å². The van der Waals surface area contributed by atoms with Crippen LogP contribution in [0.5, 0.6) is 5.75 Å². The largest absolute Gasteiger partial charge is 0.482 e. The molecule has 0 spiro atoms. The molecule has 116 valence electrons. The van der Waals surface area contributed by atoms with Gasteiger partial charge in [-0.1, -0.05) is 40.9 Å². The molecule has 0 aliphatic carbocycles. The summed E-state index contributed by atoms with van der Waals surface area (Å²) in [5.41, 5.74) is 0.709. The summed E-state index contributed by atoms with van der Waals surface area (Å²) in [4.78, 5) is 13.0. The Kier molecular flexibility index (Phi) is 6.26. The van der Waals surface area contributed by atoms with Crippen LogP contribution in [0.1, 0.15) is 0 Å². The van der Waals surface area contributed by atoms with Crippen LogP contribution in [0.2, 0.25) is 15.1 Å². The molecule has 0 atom stereocenters. The lowest BCUT2D eigenvalue weighted by atomic mass is 10.3. The fourth-order valence-corrected chi connectivity index (χ4v) is 2.71. The molecule has 0 unspecified atom stereocenters. The Hall–Kier alpha value is -1.07. The van der Waals surface area contributed by atoms with Gasteiger partial charge in [0.05, 0.1) is 15.1 Å². The molecule has 0 aliphatic rings. The number of carbonyl (C=O) groups excluding carboxylic acids is 1. The second kappa shape index (κ2) is 7.97. The lowest BCUT2D eigenvalue weighted by Gasteiger charge is -2.10. The average Bonchev–Trinajstić information content (AvgIpc) is 2.49. The van der Waals surface area contributed by atoms with E-state index in [1.807, 2.05) is 30.5 Å². The molecule has 1 amide bonds. The number of anilines is 1. The van der Waals surface area contributed by atoms with E-state index in [0.717, 1.165) is 4.90 Å². The molecular formula is C15H12Cl3NO2S. The van der Waals surface area contributed by atoms with E-state index in [4.69, 9.17) is 39.5 Å². The van der Waals surface area contributed by atoms with Gasteiger partial charge >= 0.3 is 0 Å². The minimum absolute atomic E-state index is 0.179. The molecule has 2 rings (SSSR count). The van der Waals surface area contributed by atoms with Crippen molar-refractivity contribution in [2.24, 2.45) is 0 Å². The predicted octanol–water partition coefficient (Wildman–Crippen LogP) is 5.39. The molecule has 22 heavy (non-hydrogen) atoms. The van der Waals surface area contributed by atoms with Crippen LogP contribution < -0.4 is 10.1 Å². The Labute approximate surface area is 147 Å². The Morgan fingerprint density at radius 3 is 2.59 bits per heavy atom. The van der Waals surface area contributed by atoms with E-state index in [9.17, 15) is 4.79 Å². The zero-order valence-electron chi connectivity index (χ0n) is 11.5. The molecule has 7 heteroatoms. The Balaban J connectivity index is 1.97. The maximum absolute atomic E-state index is 11.9.